The second kappa shape index (κ2) is 6.60. The first-order valence-corrected chi connectivity index (χ1v) is 7.50. The Labute approximate surface area is 121 Å². The first-order valence-electron chi connectivity index (χ1n) is 7.50. The molecule has 0 aliphatic carbocycles. The monoisotopic (exact) mass is 272 g/mol. The summed E-state index contributed by atoms with van der Waals surface area (Å²) in [7, 11) is 0. The molecule has 0 spiro atoms. The fourth-order valence-electron chi connectivity index (χ4n) is 2.57. The van der Waals surface area contributed by atoms with E-state index in [1.54, 1.807) is 0 Å². The quantitative estimate of drug-likeness (QED) is 0.855. The summed E-state index contributed by atoms with van der Waals surface area (Å²) in [6.07, 6.45) is 2.89. The van der Waals surface area contributed by atoms with Crippen molar-refractivity contribution >= 4 is 17.5 Å². The number of carbonyl (C=O) groups is 1. The van der Waals surface area contributed by atoms with E-state index in [0.29, 0.717) is 0 Å². The number of benzene rings is 1. The van der Waals surface area contributed by atoms with E-state index in [-0.39, 0.29) is 11.7 Å². The number of Topliss-reactive ketones (excluding diaryl/α,β-unsaturated/α-hetero) is 1. The number of rotatable bonds is 4. The van der Waals surface area contributed by atoms with E-state index >= 15 is 0 Å². The highest BCUT2D eigenvalue weighted by molar-refractivity contribution is 6.01. The summed E-state index contributed by atoms with van der Waals surface area (Å²) in [6.45, 7) is 9.22. The van der Waals surface area contributed by atoms with Gasteiger partial charge in [0.25, 0.3) is 0 Å². The molecule has 2 rings (SSSR count). The predicted molar refractivity (Wildman–Crippen MR) is 84.8 cm³/mol. The molecule has 0 amide bonds. The highest BCUT2D eigenvalue weighted by Gasteiger charge is 2.21. The molecule has 1 aliphatic rings. The third-order valence-electron chi connectivity index (χ3n) is 3.94. The van der Waals surface area contributed by atoms with Crippen LogP contribution in [0.4, 0.5) is 5.69 Å². The largest absolute Gasteiger partial charge is 0.382 e. The lowest BCUT2D eigenvalue weighted by Crippen LogP contribution is -2.33. The minimum absolute atomic E-state index is 0.137. The molecular weight excluding hydrogens is 248 g/mol. The minimum Gasteiger partial charge on any atom is -0.382 e. The highest BCUT2D eigenvalue weighted by Crippen LogP contribution is 2.19. The van der Waals surface area contributed by atoms with Gasteiger partial charge in [0.05, 0.1) is 5.70 Å². The van der Waals surface area contributed by atoms with Crippen LogP contribution in [0, 0.1) is 5.92 Å². The molecule has 1 saturated heterocycles. The van der Waals surface area contributed by atoms with Crippen molar-refractivity contribution in [1.82, 2.24) is 5.32 Å². The topological polar surface area (TPSA) is 32.3 Å². The molecule has 108 valence electrons. The fraction of sp³-hybridized carbons (Fsp3) is 0.471. The van der Waals surface area contributed by atoms with Gasteiger partial charge in [0, 0.05) is 31.2 Å². The van der Waals surface area contributed by atoms with Gasteiger partial charge in [-0.25, -0.2) is 0 Å². The number of hydrogen-bond acceptors (Lipinski definition) is 3. The summed E-state index contributed by atoms with van der Waals surface area (Å²) in [6, 6.07) is 8.40. The van der Waals surface area contributed by atoms with Crippen molar-refractivity contribution in [1.29, 1.82) is 0 Å². The van der Waals surface area contributed by atoms with Crippen LogP contribution in [0.5, 0.6) is 0 Å². The predicted octanol–water partition coefficient (Wildman–Crippen LogP) is 3.07. The molecule has 1 unspecified atom stereocenters. The Kier molecular flexibility index (Phi) is 4.83. The molecule has 0 bridgehead atoms. The van der Waals surface area contributed by atoms with Gasteiger partial charge >= 0.3 is 0 Å². The van der Waals surface area contributed by atoms with Crippen molar-refractivity contribution in [2.45, 2.75) is 27.2 Å². The van der Waals surface area contributed by atoms with Crippen LogP contribution < -0.4 is 10.2 Å². The smallest absolute Gasteiger partial charge is 0.181 e. The Morgan fingerprint density at radius 1 is 1.25 bits per heavy atom. The second-order valence-electron chi connectivity index (χ2n) is 5.30. The molecule has 20 heavy (non-hydrogen) atoms. The van der Waals surface area contributed by atoms with Gasteiger partial charge in [-0.05, 0) is 44.0 Å². The van der Waals surface area contributed by atoms with Crippen LogP contribution in [0.15, 0.2) is 30.0 Å². The fourth-order valence-corrected chi connectivity index (χ4v) is 2.57. The van der Waals surface area contributed by atoms with Gasteiger partial charge in [-0.2, -0.15) is 0 Å². The molecule has 0 saturated carbocycles. The van der Waals surface area contributed by atoms with Crippen LogP contribution in [0.25, 0.3) is 6.08 Å². The third kappa shape index (κ3) is 3.21. The summed E-state index contributed by atoms with van der Waals surface area (Å²) >= 11 is 0. The molecule has 3 nitrogen and oxygen atoms in total. The molecule has 1 heterocycles. The summed E-state index contributed by atoms with van der Waals surface area (Å²) in [5, 5.41) is 3.21. The zero-order valence-corrected chi connectivity index (χ0v) is 12.6. The summed E-state index contributed by atoms with van der Waals surface area (Å²) in [5.41, 5.74) is 3.05. The average molecular weight is 272 g/mol. The zero-order valence-electron chi connectivity index (χ0n) is 12.6. The van der Waals surface area contributed by atoms with E-state index < -0.39 is 0 Å². The van der Waals surface area contributed by atoms with E-state index in [9.17, 15) is 4.79 Å². The van der Waals surface area contributed by atoms with Gasteiger partial charge in [0.15, 0.2) is 5.78 Å². The average Bonchev–Trinajstić information content (AvgIpc) is 2.47. The summed E-state index contributed by atoms with van der Waals surface area (Å²) < 4.78 is 0. The molecule has 1 fully saturated rings. The first-order chi connectivity index (χ1) is 9.65. The van der Waals surface area contributed by atoms with E-state index in [2.05, 4.69) is 48.3 Å². The Morgan fingerprint density at radius 3 is 2.50 bits per heavy atom. The van der Waals surface area contributed by atoms with E-state index in [4.69, 9.17) is 0 Å². The zero-order chi connectivity index (χ0) is 14.5. The van der Waals surface area contributed by atoms with Crippen molar-refractivity contribution in [2.75, 3.05) is 24.5 Å². The number of anilines is 1. The summed E-state index contributed by atoms with van der Waals surface area (Å²) in [5.74, 6) is 0.363. The number of allylic oxidation sites excluding steroid dienone is 1. The molecule has 1 aliphatic heterocycles. The number of hydrogen-bond donors (Lipinski definition) is 1. The molecule has 0 aromatic heterocycles. The Morgan fingerprint density at radius 2 is 1.90 bits per heavy atom. The van der Waals surface area contributed by atoms with Crippen LogP contribution in [0.2, 0.25) is 0 Å². The molecule has 0 radical (unpaired) electrons. The first kappa shape index (κ1) is 14.6. The van der Waals surface area contributed by atoms with E-state index in [0.717, 1.165) is 37.3 Å². The van der Waals surface area contributed by atoms with Gasteiger partial charge in [-0.1, -0.05) is 19.1 Å². The minimum atomic E-state index is 0.137. The number of nitrogens with one attached hydrogen (secondary N) is 1. The molecule has 1 N–H and O–H groups in total. The van der Waals surface area contributed by atoms with Crippen LogP contribution >= 0.6 is 0 Å². The Bertz CT molecular complexity index is 486. The lowest BCUT2D eigenvalue weighted by molar-refractivity contribution is -0.120. The van der Waals surface area contributed by atoms with Crippen LogP contribution in [-0.2, 0) is 4.79 Å². The standard InChI is InChI=1S/C17H24N2O/c1-4-19(5-2)15-8-6-14(7-9-15)12-16-17(20)13(3)10-11-18-16/h6-9,12-13,18H,4-5,10-11H2,1-3H3. The number of ketones is 1. The van der Waals surface area contributed by atoms with Gasteiger partial charge in [0.2, 0.25) is 0 Å². The van der Waals surface area contributed by atoms with E-state index in [1.165, 1.54) is 5.69 Å². The van der Waals surface area contributed by atoms with Crippen molar-refractivity contribution < 1.29 is 4.79 Å². The molecule has 1 aromatic rings. The van der Waals surface area contributed by atoms with Gasteiger partial charge in [-0.3, -0.25) is 4.79 Å². The van der Waals surface area contributed by atoms with Crippen molar-refractivity contribution in [3.8, 4) is 0 Å². The van der Waals surface area contributed by atoms with Crippen LogP contribution in [-0.4, -0.2) is 25.4 Å². The number of nitrogens with zero attached hydrogens (tertiary/aromatic N) is 1. The molecule has 3 heteroatoms. The van der Waals surface area contributed by atoms with Gasteiger partial charge in [0.1, 0.15) is 0 Å². The van der Waals surface area contributed by atoms with Crippen molar-refractivity contribution in [3.05, 3.63) is 35.5 Å². The Hall–Kier alpha value is -1.77. The third-order valence-corrected chi connectivity index (χ3v) is 3.94. The normalized spacial score (nSPS) is 20.9. The Balaban J connectivity index is 2.16. The van der Waals surface area contributed by atoms with Crippen LogP contribution in [0.1, 0.15) is 32.8 Å². The number of carbonyl (C=O) groups excluding carboxylic acids is 1. The highest BCUT2D eigenvalue weighted by atomic mass is 16.1. The van der Waals surface area contributed by atoms with Crippen molar-refractivity contribution in [2.24, 2.45) is 5.92 Å². The number of piperidine rings is 1. The maximum atomic E-state index is 12.1. The van der Waals surface area contributed by atoms with Gasteiger partial charge < -0.3 is 10.2 Å². The lowest BCUT2D eigenvalue weighted by atomic mass is 9.95. The SMILES string of the molecule is CCN(CC)c1ccc(C=C2NCCC(C)C2=O)cc1. The maximum absolute atomic E-state index is 12.1. The molecule has 1 aromatic carbocycles. The summed E-state index contributed by atoms with van der Waals surface area (Å²) in [4.78, 5) is 14.4. The second-order valence-corrected chi connectivity index (χ2v) is 5.30. The molecule has 1 atom stereocenters. The lowest BCUT2D eigenvalue weighted by Gasteiger charge is -2.22. The van der Waals surface area contributed by atoms with Crippen molar-refractivity contribution in [3.63, 3.8) is 0 Å². The van der Waals surface area contributed by atoms with E-state index in [1.807, 2.05) is 13.0 Å². The van der Waals surface area contributed by atoms with Gasteiger partial charge in [-0.15, -0.1) is 0 Å². The molecular formula is C17H24N2O. The van der Waals surface area contributed by atoms with Crippen LogP contribution in [0.3, 0.4) is 0 Å². The maximum Gasteiger partial charge on any atom is 0.181 e.